The van der Waals surface area contributed by atoms with Gasteiger partial charge in [0.05, 0.1) is 12.5 Å². The Kier molecular flexibility index (Phi) is 7.06. The maximum Gasteiger partial charge on any atom is 0.257 e. The molecule has 0 bridgehead atoms. The van der Waals surface area contributed by atoms with Crippen LogP contribution < -0.4 is 15.4 Å². The summed E-state index contributed by atoms with van der Waals surface area (Å²) in [5.74, 6) is 0.457. The molecule has 1 aromatic rings. The third-order valence-corrected chi connectivity index (χ3v) is 2.41. The van der Waals surface area contributed by atoms with E-state index >= 15 is 0 Å². The van der Waals surface area contributed by atoms with Gasteiger partial charge < -0.3 is 15.4 Å². The second-order valence-electron chi connectivity index (χ2n) is 3.97. The standard InChI is InChI=1S/C14H19N3O2/c1-2-16-10-12-5-3-6-13(9-12)19-11-14(18)17-8-4-7-15/h3,5-6,9,16H,2,4,8,10-11H2,1H3,(H,17,18). The summed E-state index contributed by atoms with van der Waals surface area (Å²) in [4.78, 5) is 11.4. The molecule has 1 rings (SSSR count). The molecule has 0 saturated carbocycles. The quantitative estimate of drug-likeness (QED) is 0.690. The third kappa shape index (κ3) is 6.43. The van der Waals surface area contributed by atoms with Gasteiger partial charge in [0.25, 0.3) is 5.91 Å². The van der Waals surface area contributed by atoms with Crippen LogP contribution >= 0.6 is 0 Å². The molecule has 0 unspecified atom stereocenters. The summed E-state index contributed by atoms with van der Waals surface area (Å²) in [6.45, 7) is 4.07. The number of rotatable bonds is 8. The predicted octanol–water partition coefficient (Wildman–Crippen LogP) is 1.20. The zero-order valence-electron chi connectivity index (χ0n) is 11.1. The molecule has 0 aliphatic rings. The van der Waals surface area contributed by atoms with Crippen molar-refractivity contribution in [2.24, 2.45) is 0 Å². The van der Waals surface area contributed by atoms with Gasteiger partial charge in [-0.3, -0.25) is 4.79 Å². The number of carbonyl (C=O) groups is 1. The number of nitriles is 1. The molecule has 0 saturated heterocycles. The fraction of sp³-hybridized carbons (Fsp3) is 0.429. The third-order valence-electron chi connectivity index (χ3n) is 2.41. The summed E-state index contributed by atoms with van der Waals surface area (Å²) in [5, 5.41) is 14.2. The van der Waals surface area contributed by atoms with E-state index in [2.05, 4.69) is 10.6 Å². The first-order chi connectivity index (χ1) is 9.26. The van der Waals surface area contributed by atoms with Gasteiger partial charge >= 0.3 is 0 Å². The summed E-state index contributed by atoms with van der Waals surface area (Å²) >= 11 is 0. The number of amides is 1. The largest absolute Gasteiger partial charge is 0.484 e. The van der Waals surface area contributed by atoms with E-state index in [0.29, 0.717) is 18.7 Å². The van der Waals surface area contributed by atoms with E-state index in [1.807, 2.05) is 37.3 Å². The Labute approximate surface area is 113 Å². The van der Waals surface area contributed by atoms with Crippen LogP contribution in [0.1, 0.15) is 18.9 Å². The second-order valence-corrected chi connectivity index (χ2v) is 3.97. The molecule has 102 valence electrons. The molecule has 0 aliphatic carbocycles. The van der Waals surface area contributed by atoms with Crippen molar-refractivity contribution >= 4 is 5.91 Å². The van der Waals surface area contributed by atoms with E-state index < -0.39 is 0 Å². The number of nitrogens with one attached hydrogen (secondary N) is 2. The highest BCUT2D eigenvalue weighted by Gasteiger charge is 2.02. The molecule has 2 N–H and O–H groups in total. The normalized spacial score (nSPS) is 9.68. The van der Waals surface area contributed by atoms with Crippen LogP contribution in [-0.4, -0.2) is 25.6 Å². The molecule has 0 aromatic heterocycles. The van der Waals surface area contributed by atoms with Gasteiger partial charge in [0, 0.05) is 13.1 Å². The Bertz CT molecular complexity index is 441. The highest BCUT2D eigenvalue weighted by molar-refractivity contribution is 5.77. The minimum Gasteiger partial charge on any atom is -0.484 e. The van der Waals surface area contributed by atoms with Gasteiger partial charge in [0.15, 0.2) is 6.61 Å². The Morgan fingerprint density at radius 3 is 3.05 bits per heavy atom. The Morgan fingerprint density at radius 1 is 1.47 bits per heavy atom. The number of ether oxygens (including phenoxy) is 1. The minimum absolute atomic E-state index is 0.0317. The second kappa shape index (κ2) is 8.95. The van der Waals surface area contributed by atoms with Crippen LogP contribution in [0.25, 0.3) is 0 Å². The van der Waals surface area contributed by atoms with Gasteiger partial charge in [0.1, 0.15) is 5.75 Å². The number of benzene rings is 1. The molecule has 0 spiro atoms. The van der Waals surface area contributed by atoms with Crippen LogP contribution in [0.5, 0.6) is 5.75 Å². The van der Waals surface area contributed by atoms with Crippen LogP contribution in [0.3, 0.4) is 0 Å². The summed E-state index contributed by atoms with van der Waals surface area (Å²) in [7, 11) is 0. The first-order valence-electron chi connectivity index (χ1n) is 6.32. The van der Waals surface area contributed by atoms with Crippen molar-refractivity contribution in [1.29, 1.82) is 5.26 Å². The highest BCUT2D eigenvalue weighted by Crippen LogP contribution is 2.12. The fourth-order valence-electron chi connectivity index (χ4n) is 1.47. The monoisotopic (exact) mass is 261 g/mol. The summed E-state index contributed by atoms with van der Waals surface area (Å²) in [6, 6.07) is 9.59. The maximum absolute atomic E-state index is 11.4. The first-order valence-corrected chi connectivity index (χ1v) is 6.32. The van der Waals surface area contributed by atoms with Crippen molar-refractivity contribution in [3.63, 3.8) is 0 Å². The van der Waals surface area contributed by atoms with Crippen molar-refractivity contribution in [1.82, 2.24) is 10.6 Å². The molecule has 5 nitrogen and oxygen atoms in total. The van der Waals surface area contributed by atoms with E-state index in [1.165, 1.54) is 0 Å². The SMILES string of the molecule is CCNCc1cccc(OCC(=O)NCCC#N)c1. The van der Waals surface area contributed by atoms with Crippen LogP contribution in [-0.2, 0) is 11.3 Å². The zero-order valence-corrected chi connectivity index (χ0v) is 11.1. The van der Waals surface area contributed by atoms with Gasteiger partial charge in [-0.15, -0.1) is 0 Å². The molecule has 1 aromatic carbocycles. The summed E-state index contributed by atoms with van der Waals surface area (Å²) in [6.07, 6.45) is 0.309. The molecule has 0 aliphatic heterocycles. The molecule has 0 heterocycles. The molecular weight excluding hydrogens is 242 g/mol. The Hall–Kier alpha value is -2.06. The molecular formula is C14H19N3O2. The number of hydrogen-bond donors (Lipinski definition) is 2. The van der Waals surface area contributed by atoms with Crippen molar-refractivity contribution in [3.05, 3.63) is 29.8 Å². The van der Waals surface area contributed by atoms with E-state index in [-0.39, 0.29) is 12.5 Å². The molecule has 19 heavy (non-hydrogen) atoms. The fourth-order valence-corrected chi connectivity index (χ4v) is 1.47. The summed E-state index contributed by atoms with van der Waals surface area (Å²) < 4.78 is 5.40. The van der Waals surface area contributed by atoms with Crippen LogP contribution in [0.4, 0.5) is 0 Å². The van der Waals surface area contributed by atoms with E-state index in [9.17, 15) is 4.79 Å². The van der Waals surface area contributed by atoms with Gasteiger partial charge in [-0.2, -0.15) is 5.26 Å². The van der Waals surface area contributed by atoms with Crippen molar-refractivity contribution < 1.29 is 9.53 Å². The number of nitrogens with zero attached hydrogens (tertiary/aromatic N) is 1. The Balaban J connectivity index is 2.36. The smallest absolute Gasteiger partial charge is 0.257 e. The van der Waals surface area contributed by atoms with Crippen LogP contribution in [0.15, 0.2) is 24.3 Å². The van der Waals surface area contributed by atoms with Gasteiger partial charge in [-0.1, -0.05) is 19.1 Å². The molecule has 5 heteroatoms. The van der Waals surface area contributed by atoms with Gasteiger partial charge in [-0.05, 0) is 24.2 Å². The van der Waals surface area contributed by atoms with E-state index in [1.54, 1.807) is 0 Å². The zero-order chi connectivity index (χ0) is 13.9. The number of carbonyl (C=O) groups excluding carboxylic acids is 1. The lowest BCUT2D eigenvalue weighted by Crippen LogP contribution is -2.29. The average Bonchev–Trinajstić information content (AvgIpc) is 2.44. The van der Waals surface area contributed by atoms with Crippen molar-refractivity contribution in [2.75, 3.05) is 19.7 Å². The predicted molar refractivity (Wildman–Crippen MR) is 72.6 cm³/mol. The lowest BCUT2D eigenvalue weighted by molar-refractivity contribution is -0.123. The first kappa shape index (κ1) is 15.0. The maximum atomic E-state index is 11.4. The molecule has 0 radical (unpaired) electrons. The topological polar surface area (TPSA) is 74.2 Å². The molecule has 0 atom stereocenters. The average molecular weight is 261 g/mol. The molecule has 0 fully saturated rings. The molecule has 1 amide bonds. The van der Waals surface area contributed by atoms with Crippen LogP contribution in [0, 0.1) is 11.3 Å². The lowest BCUT2D eigenvalue weighted by Gasteiger charge is -2.08. The number of hydrogen-bond acceptors (Lipinski definition) is 4. The lowest BCUT2D eigenvalue weighted by atomic mass is 10.2. The van der Waals surface area contributed by atoms with E-state index in [4.69, 9.17) is 10.00 Å². The Morgan fingerprint density at radius 2 is 2.32 bits per heavy atom. The van der Waals surface area contributed by atoms with Crippen molar-refractivity contribution in [3.8, 4) is 11.8 Å². The van der Waals surface area contributed by atoms with Crippen LogP contribution in [0.2, 0.25) is 0 Å². The van der Waals surface area contributed by atoms with Gasteiger partial charge in [-0.25, -0.2) is 0 Å². The van der Waals surface area contributed by atoms with Crippen molar-refractivity contribution in [2.45, 2.75) is 19.9 Å². The summed E-state index contributed by atoms with van der Waals surface area (Å²) in [5.41, 5.74) is 1.12. The van der Waals surface area contributed by atoms with Gasteiger partial charge in [0.2, 0.25) is 0 Å². The highest BCUT2D eigenvalue weighted by atomic mass is 16.5. The van der Waals surface area contributed by atoms with E-state index in [0.717, 1.165) is 18.7 Å². The minimum atomic E-state index is -0.215.